The Morgan fingerprint density at radius 1 is 1.44 bits per heavy atom. The number of carboxylic acid groups (broad SMARTS) is 1. The van der Waals surface area contributed by atoms with E-state index in [1.54, 1.807) is 6.92 Å². The largest absolute Gasteiger partial charge is 0.477 e. The van der Waals surface area contributed by atoms with Gasteiger partial charge in [-0.15, -0.1) is 11.3 Å². The number of aromatic nitrogens is 2. The molecule has 0 atom stereocenters. The summed E-state index contributed by atoms with van der Waals surface area (Å²) >= 11 is 2.76. The Balaban J connectivity index is 2.06. The summed E-state index contributed by atoms with van der Waals surface area (Å²) in [4.78, 5) is 19.6. The number of rotatable bonds is 4. The van der Waals surface area contributed by atoms with Crippen LogP contribution in [0, 0.1) is 13.8 Å². The molecule has 0 saturated heterocycles. The van der Waals surface area contributed by atoms with Crippen LogP contribution in [0.4, 0.5) is 0 Å². The lowest BCUT2D eigenvalue weighted by molar-refractivity contribution is 0.0701. The molecule has 2 aromatic heterocycles. The fourth-order valence-electron chi connectivity index (χ4n) is 1.47. The molecular formula is C12H12N2O2S2. The number of carboxylic acids is 1. The van der Waals surface area contributed by atoms with Crippen molar-refractivity contribution in [3.05, 3.63) is 40.2 Å². The number of aryl methyl sites for hydroxylation is 2. The van der Waals surface area contributed by atoms with Gasteiger partial charge in [-0.1, -0.05) is 17.8 Å². The molecule has 0 unspecified atom stereocenters. The molecule has 0 aliphatic rings. The van der Waals surface area contributed by atoms with E-state index in [0.29, 0.717) is 10.6 Å². The molecule has 94 valence electrons. The van der Waals surface area contributed by atoms with Gasteiger partial charge in [0, 0.05) is 18.1 Å². The van der Waals surface area contributed by atoms with E-state index >= 15 is 0 Å². The molecule has 0 aliphatic carbocycles. The normalized spacial score (nSPS) is 10.6. The van der Waals surface area contributed by atoms with Gasteiger partial charge in [0.05, 0.1) is 5.69 Å². The molecule has 2 rings (SSSR count). The van der Waals surface area contributed by atoms with Crippen LogP contribution in [0.25, 0.3) is 0 Å². The number of hydrogen-bond donors (Lipinski definition) is 1. The lowest BCUT2D eigenvalue weighted by Crippen LogP contribution is -1.94. The minimum absolute atomic E-state index is 0.319. The molecule has 0 aliphatic heterocycles. The first-order chi connectivity index (χ1) is 8.56. The molecule has 0 spiro atoms. The van der Waals surface area contributed by atoms with Gasteiger partial charge >= 0.3 is 5.97 Å². The van der Waals surface area contributed by atoms with Crippen molar-refractivity contribution in [2.45, 2.75) is 23.9 Å². The van der Waals surface area contributed by atoms with Crippen molar-refractivity contribution in [2.75, 3.05) is 0 Å². The van der Waals surface area contributed by atoms with Crippen molar-refractivity contribution in [3.8, 4) is 0 Å². The monoisotopic (exact) mass is 280 g/mol. The van der Waals surface area contributed by atoms with Crippen LogP contribution in [0.15, 0.2) is 22.8 Å². The van der Waals surface area contributed by atoms with E-state index in [-0.39, 0.29) is 0 Å². The highest BCUT2D eigenvalue weighted by Crippen LogP contribution is 2.29. The van der Waals surface area contributed by atoms with Crippen LogP contribution in [0.5, 0.6) is 0 Å². The Kier molecular flexibility index (Phi) is 3.98. The highest BCUT2D eigenvalue weighted by Gasteiger charge is 2.14. The zero-order chi connectivity index (χ0) is 13.1. The molecule has 0 radical (unpaired) electrons. The second kappa shape index (κ2) is 5.49. The highest BCUT2D eigenvalue weighted by atomic mass is 32.2. The molecule has 0 saturated carbocycles. The topological polar surface area (TPSA) is 63.1 Å². The quantitative estimate of drug-likeness (QED) is 0.872. The molecule has 1 N–H and O–H groups in total. The molecular weight excluding hydrogens is 268 g/mol. The second-order valence-electron chi connectivity index (χ2n) is 3.86. The summed E-state index contributed by atoms with van der Waals surface area (Å²) in [5.74, 6) is -0.158. The van der Waals surface area contributed by atoms with Crippen molar-refractivity contribution in [2.24, 2.45) is 0 Å². The molecule has 0 bridgehead atoms. The third-order valence-corrected chi connectivity index (χ3v) is 4.62. The standard InChI is InChI=1S/C12H12N2O2S2/c1-7-3-9(5-13-4-7)6-17-12-14-8(2)10(18-12)11(15)16/h3-5H,6H2,1-2H3,(H,15,16). The van der Waals surface area contributed by atoms with Gasteiger partial charge in [0.15, 0.2) is 4.34 Å². The van der Waals surface area contributed by atoms with E-state index in [2.05, 4.69) is 16.0 Å². The number of hydrogen-bond acceptors (Lipinski definition) is 5. The first-order valence-electron chi connectivity index (χ1n) is 5.30. The molecule has 6 heteroatoms. The Morgan fingerprint density at radius 2 is 2.22 bits per heavy atom. The van der Waals surface area contributed by atoms with Gasteiger partial charge in [-0.25, -0.2) is 9.78 Å². The van der Waals surface area contributed by atoms with Crippen molar-refractivity contribution < 1.29 is 9.90 Å². The molecule has 0 fully saturated rings. The number of thiazole rings is 1. The Bertz CT molecular complexity index is 581. The maximum atomic E-state index is 10.9. The summed E-state index contributed by atoms with van der Waals surface area (Å²) in [5.41, 5.74) is 2.82. The lowest BCUT2D eigenvalue weighted by Gasteiger charge is -1.99. The van der Waals surface area contributed by atoms with Gasteiger partial charge in [-0.05, 0) is 25.0 Å². The van der Waals surface area contributed by atoms with E-state index in [1.807, 2.05) is 19.3 Å². The fourth-order valence-corrected chi connectivity index (χ4v) is 3.42. The van der Waals surface area contributed by atoms with E-state index in [4.69, 9.17) is 5.11 Å². The van der Waals surface area contributed by atoms with E-state index in [9.17, 15) is 4.79 Å². The molecule has 0 aromatic carbocycles. The summed E-state index contributed by atoms with van der Waals surface area (Å²) < 4.78 is 0.784. The van der Waals surface area contributed by atoms with Crippen molar-refractivity contribution in [3.63, 3.8) is 0 Å². The third kappa shape index (κ3) is 3.08. The minimum atomic E-state index is -0.908. The molecule has 2 heterocycles. The summed E-state index contributed by atoms with van der Waals surface area (Å²) in [6, 6.07) is 2.07. The van der Waals surface area contributed by atoms with Crippen LogP contribution in [-0.4, -0.2) is 21.0 Å². The number of aromatic carboxylic acids is 1. The predicted molar refractivity (Wildman–Crippen MR) is 72.3 cm³/mol. The van der Waals surface area contributed by atoms with Crippen molar-refractivity contribution in [1.82, 2.24) is 9.97 Å². The summed E-state index contributed by atoms with van der Waals surface area (Å²) in [6.45, 7) is 3.72. The Morgan fingerprint density at radius 3 is 2.83 bits per heavy atom. The number of thioether (sulfide) groups is 1. The zero-order valence-corrected chi connectivity index (χ0v) is 11.6. The SMILES string of the molecule is Cc1cncc(CSc2nc(C)c(C(=O)O)s2)c1. The van der Waals surface area contributed by atoms with Crippen LogP contribution in [0.1, 0.15) is 26.5 Å². The van der Waals surface area contributed by atoms with Crippen LogP contribution >= 0.6 is 23.1 Å². The predicted octanol–water partition coefficient (Wildman–Crippen LogP) is 3.15. The van der Waals surface area contributed by atoms with Gasteiger partial charge in [-0.2, -0.15) is 0 Å². The molecule has 2 aromatic rings. The van der Waals surface area contributed by atoms with Crippen molar-refractivity contribution >= 4 is 29.1 Å². The van der Waals surface area contributed by atoms with E-state index < -0.39 is 5.97 Å². The average Bonchev–Trinajstić information content (AvgIpc) is 2.68. The third-order valence-electron chi connectivity index (χ3n) is 2.27. The maximum absolute atomic E-state index is 10.9. The summed E-state index contributed by atoms with van der Waals surface area (Å²) in [5, 5.41) is 8.95. The smallest absolute Gasteiger partial charge is 0.347 e. The second-order valence-corrected chi connectivity index (χ2v) is 6.08. The zero-order valence-electron chi connectivity index (χ0n) is 10.0. The van der Waals surface area contributed by atoms with Crippen LogP contribution in [0.3, 0.4) is 0 Å². The van der Waals surface area contributed by atoms with Gasteiger partial charge in [-0.3, -0.25) is 4.98 Å². The summed E-state index contributed by atoms with van der Waals surface area (Å²) in [6.07, 6.45) is 3.63. The lowest BCUT2D eigenvalue weighted by atomic mass is 10.2. The number of pyridine rings is 1. The molecule has 4 nitrogen and oxygen atoms in total. The summed E-state index contributed by atoms with van der Waals surface area (Å²) in [7, 11) is 0. The highest BCUT2D eigenvalue weighted by molar-refractivity contribution is 8.00. The van der Waals surface area contributed by atoms with Crippen LogP contribution in [0.2, 0.25) is 0 Å². The van der Waals surface area contributed by atoms with E-state index in [1.165, 1.54) is 23.1 Å². The van der Waals surface area contributed by atoms with Crippen LogP contribution < -0.4 is 0 Å². The Hall–Kier alpha value is -1.40. The van der Waals surface area contributed by atoms with Gasteiger partial charge in [0.2, 0.25) is 0 Å². The fraction of sp³-hybridized carbons (Fsp3) is 0.250. The average molecular weight is 280 g/mol. The first-order valence-corrected chi connectivity index (χ1v) is 7.10. The van der Waals surface area contributed by atoms with Gasteiger partial charge in [0.1, 0.15) is 4.88 Å². The van der Waals surface area contributed by atoms with E-state index in [0.717, 1.165) is 21.2 Å². The van der Waals surface area contributed by atoms with Crippen LogP contribution in [-0.2, 0) is 5.75 Å². The number of nitrogens with zero attached hydrogens (tertiary/aromatic N) is 2. The van der Waals surface area contributed by atoms with Gasteiger partial charge in [0.25, 0.3) is 0 Å². The first kappa shape index (κ1) is 13.0. The van der Waals surface area contributed by atoms with Gasteiger partial charge < -0.3 is 5.11 Å². The maximum Gasteiger partial charge on any atom is 0.347 e. The minimum Gasteiger partial charge on any atom is -0.477 e. The number of carbonyl (C=O) groups is 1. The Labute approximate surface area is 113 Å². The molecule has 18 heavy (non-hydrogen) atoms. The molecule has 0 amide bonds. The van der Waals surface area contributed by atoms with Crippen molar-refractivity contribution in [1.29, 1.82) is 0 Å².